The average Bonchev–Trinajstić information content (AvgIpc) is 2.74. The number of aliphatic hydroxyl groups is 2. The molecule has 0 radical (unpaired) electrons. The first-order valence-electron chi connectivity index (χ1n) is 9.02. The van der Waals surface area contributed by atoms with Gasteiger partial charge in [-0.1, -0.05) is 36.4 Å². The van der Waals surface area contributed by atoms with Crippen molar-refractivity contribution in [3.05, 3.63) is 77.4 Å². The van der Waals surface area contributed by atoms with Crippen molar-refractivity contribution in [1.82, 2.24) is 15.3 Å². The van der Waals surface area contributed by atoms with Crippen molar-refractivity contribution in [2.24, 2.45) is 0 Å². The van der Waals surface area contributed by atoms with Crippen LogP contribution in [0.25, 0.3) is 11.3 Å². The largest absolute Gasteiger partial charge is 0.396 e. The number of nitrogens with two attached hydrogens (primary N) is 1. The molecular weight excluding hydrogens is 375 g/mol. The number of aromatic nitrogens is 2. The van der Waals surface area contributed by atoms with E-state index in [1.165, 1.54) is 18.3 Å². The molecule has 2 aromatic carbocycles. The van der Waals surface area contributed by atoms with Gasteiger partial charge in [0.2, 0.25) is 0 Å². The summed E-state index contributed by atoms with van der Waals surface area (Å²) < 4.78 is 14.7. The minimum absolute atomic E-state index is 0.0983. The number of rotatable bonds is 7. The molecular formula is C21H21FN4O3. The molecule has 0 aliphatic rings. The Morgan fingerprint density at radius 2 is 1.93 bits per heavy atom. The van der Waals surface area contributed by atoms with E-state index in [9.17, 15) is 14.3 Å². The first-order chi connectivity index (χ1) is 14.0. The molecule has 5 N–H and O–H groups in total. The molecule has 1 unspecified atom stereocenters. The maximum atomic E-state index is 14.7. The standard InChI is InChI=1S/C21H21FN4O3/c22-17-10-14(19-20(23)24-11-15(25-19)8-9-27)6-7-16(17)21(29)26-18(12-28)13-4-2-1-3-5-13/h1-7,10-11,18,27-28H,8-9,12H2,(H2,23,24)(H,26,29). The van der Waals surface area contributed by atoms with Crippen LogP contribution < -0.4 is 11.1 Å². The van der Waals surface area contributed by atoms with Gasteiger partial charge in [-0.3, -0.25) is 4.79 Å². The Kier molecular flexibility index (Phi) is 6.48. The highest BCUT2D eigenvalue weighted by atomic mass is 19.1. The minimum atomic E-state index is -0.751. The molecule has 0 fully saturated rings. The summed E-state index contributed by atoms with van der Waals surface area (Å²) in [6, 6.07) is 12.3. The lowest BCUT2D eigenvalue weighted by atomic mass is 10.0. The van der Waals surface area contributed by atoms with Gasteiger partial charge in [-0.25, -0.2) is 14.4 Å². The molecule has 1 atom stereocenters. The van der Waals surface area contributed by atoms with Gasteiger partial charge in [0, 0.05) is 18.6 Å². The van der Waals surface area contributed by atoms with Gasteiger partial charge in [0.15, 0.2) is 0 Å². The van der Waals surface area contributed by atoms with E-state index in [4.69, 9.17) is 10.8 Å². The molecule has 0 bridgehead atoms. The van der Waals surface area contributed by atoms with E-state index in [0.717, 1.165) is 6.07 Å². The third kappa shape index (κ3) is 4.74. The van der Waals surface area contributed by atoms with Crippen LogP contribution in [-0.2, 0) is 6.42 Å². The highest BCUT2D eigenvalue weighted by Gasteiger charge is 2.19. The van der Waals surface area contributed by atoms with Gasteiger partial charge in [0.1, 0.15) is 17.3 Å². The lowest BCUT2D eigenvalue weighted by Crippen LogP contribution is -2.31. The molecule has 7 nitrogen and oxygen atoms in total. The van der Waals surface area contributed by atoms with Crippen LogP contribution in [0.5, 0.6) is 0 Å². The van der Waals surface area contributed by atoms with E-state index < -0.39 is 17.8 Å². The number of hydrogen-bond donors (Lipinski definition) is 4. The molecule has 1 aromatic heterocycles. The zero-order chi connectivity index (χ0) is 20.8. The number of hydrogen-bond acceptors (Lipinski definition) is 6. The second kappa shape index (κ2) is 9.22. The Morgan fingerprint density at radius 1 is 1.17 bits per heavy atom. The summed E-state index contributed by atoms with van der Waals surface area (Å²) in [5.41, 5.74) is 7.56. The summed E-state index contributed by atoms with van der Waals surface area (Å²) in [5, 5.41) is 21.3. The number of nitrogen functional groups attached to an aromatic ring is 1. The van der Waals surface area contributed by atoms with Gasteiger partial charge >= 0.3 is 0 Å². The molecule has 3 rings (SSSR count). The summed E-state index contributed by atoms with van der Waals surface area (Å²) in [5.74, 6) is -1.28. The zero-order valence-corrected chi connectivity index (χ0v) is 15.5. The fourth-order valence-electron chi connectivity index (χ4n) is 2.88. The molecule has 0 aliphatic heterocycles. The Hall–Kier alpha value is -3.36. The van der Waals surface area contributed by atoms with E-state index in [-0.39, 0.29) is 30.3 Å². The number of nitrogens with zero attached hydrogens (tertiary/aromatic N) is 2. The molecule has 8 heteroatoms. The molecule has 1 heterocycles. The molecule has 29 heavy (non-hydrogen) atoms. The van der Waals surface area contributed by atoms with E-state index in [2.05, 4.69) is 15.3 Å². The number of nitrogens with one attached hydrogen (secondary N) is 1. The third-order valence-corrected chi connectivity index (χ3v) is 4.40. The van der Waals surface area contributed by atoms with Crippen molar-refractivity contribution >= 4 is 11.7 Å². The summed E-state index contributed by atoms with van der Waals surface area (Å²) in [6.45, 7) is -0.418. The van der Waals surface area contributed by atoms with Gasteiger partial charge in [0.05, 0.1) is 30.1 Å². The number of aliphatic hydroxyl groups excluding tert-OH is 2. The van der Waals surface area contributed by atoms with Crippen molar-refractivity contribution in [3.8, 4) is 11.3 Å². The maximum Gasteiger partial charge on any atom is 0.254 e. The molecule has 0 aliphatic carbocycles. The van der Waals surface area contributed by atoms with E-state index >= 15 is 0 Å². The highest BCUT2D eigenvalue weighted by Crippen LogP contribution is 2.25. The quantitative estimate of drug-likeness (QED) is 0.484. The molecule has 0 spiro atoms. The van der Waals surface area contributed by atoms with Crippen LogP contribution in [0.15, 0.2) is 54.7 Å². The molecule has 3 aromatic rings. The second-order valence-corrected chi connectivity index (χ2v) is 6.38. The lowest BCUT2D eigenvalue weighted by Gasteiger charge is -2.17. The average molecular weight is 396 g/mol. The van der Waals surface area contributed by atoms with Crippen LogP contribution in [0.2, 0.25) is 0 Å². The predicted octanol–water partition coefficient (Wildman–Crippen LogP) is 1.86. The monoisotopic (exact) mass is 396 g/mol. The van der Waals surface area contributed by atoms with Crippen molar-refractivity contribution in [2.45, 2.75) is 12.5 Å². The molecule has 0 saturated heterocycles. The third-order valence-electron chi connectivity index (χ3n) is 4.40. The van der Waals surface area contributed by atoms with E-state index in [1.54, 1.807) is 24.3 Å². The Bertz CT molecular complexity index is 998. The van der Waals surface area contributed by atoms with Crippen molar-refractivity contribution in [2.75, 3.05) is 18.9 Å². The van der Waals surface area contributed by atoms with Crippen molar-refractivity contribution < 1.29 is 19.4 Å². The van der Waals surface area contributed by atoms with E-state index in [1.807, 2.05) is 6.07 Å². The highest BCUT2D eigenvalue weighted by molar-refractivity contribution is 5.95. The summed E-state index contributed by atoms with van der Waals surface area (Å²) in [7, 11) is 0. The van der Waals surface area contributed by atoms with Crippen LogP contribution in [0.1, 0.15) is 27.7 Å². The van der Waals surface area contributed by atoms with Gasteiger partial charge in [-0.15, -0.1) is 0 Å². The fraction of sp³-hybridized carbons (Fsp3) is 0.190. The number of carbonyl (C=O) groups is 1. The van der Waals surface area contributed by atoms with Crippen LogP contribution in [0, 0.1) is 5.82 Å². The number of halogens is 1. The minimum Gasteiger partial charge on any atom is -0.396 e. The van der Waals surface area contributed by atoms with Crippen LogP contribution in [0.3, 0.4) is 0 Å². The fourth-order valence-corrected chi connectivity index (χ4v) is 2.88. The summed E-state index contributed by atoms with van der Waals surface area (Å²) in [4.78, 5) is 20.8. The number of carbonyl (C=O) groups excluding carboxylic acids is 1. The van der Waals surface area contributed by atoms with E-state index in [0.29, 0.717) is 23.2 Å². The number of anilines is 1. The van der Waals surface area contributed by atoms with Gasteiger partial charge in [-0.05, 0) is 17.7 Å². The van der Waals surface area contributed by atoms with Crippen LogP contribution in [-0.4, -0.2) is 39.3 Å². The van der Waals surface area contributed by atoms with Crippen LogP contribution in [0.4, 0.5) is 10.2 Å². The zero-order valence-electron chi connectivity index (χ0n) is 15.5. The Balaban J connectivity index is 1.84. The summed E-state index contributed by atoms with van der Waals surface area (Å²) in [6.07, 6.45) is 1.75. The molecule has 150 valence electrons. The number of benzene rings is 2. The van der Waals surface area contributed by atoms with Crippen molar-refractivity contribution in [1.29, 1.82) is 0 Å². The topological polar surface area (TPSA) is 121 Å². The number of amides is 1. The normalized spacial score (nSPS) is 11.8. The SMILES string of the molecule is Nc1ncc(CCO)nc1-c1ccc(C(=O)NC(CO)c2ccccc2)c(F)c1. The predicted molar refractivity (Wildman–Crippen MR) is 106 cm³/mol. The first kappa shape index (κ1) is 20.4. The second-order valence-electron chi connectivity index (χ2n) is 6.38. The molecule has 1 amide bonds. The first-order valence-corrected chi connectivity index (χ1v) is 9.02. The Labute approximate surface area is 167 Å². The maximum absolute atomic E-state index is 14.7. The summed E-state index contributed by atoms with van der Waals surface area (Å²) >= 11 is 0. The lowest BCUT2D eigenvalue weighted by molar-refractivity contribution is 0.0912. The molecule has 0 saturated carbocycles. The van der Waals surface area contributed by atoms with Gasteiger partial charge in [0.25, 0.3) is 5.91 Å². The smallest absolute Gasteiger partial charge is 0.254 e. The Morgan fingerprint density at radius 3 is 2.59 bits per heavy atom. The van der Waals surface area contributed by atoms with Crippen LogP contribution >= 0.6 is 0 Å². The van der Waals surface area contributed by atoms with Gasteiger partial charge in [-0.2, -0.15) is 0 Å². The van der Waals surface area contributed by atoms with Gasteiger partial charge < -0.3 is 21.3 Å². The van der Waals surface area contributed by atoms with Crippen molar-refractivity contribution in [3.63, 3.8) is 0 Å².